The highest BCUT2D eigenvalue weighted by molar-refractivity contribution is 5.88. The smallest absolute Gasteiger partial charge is 0.151 e. The molecule has 180 valence electrons. The van der Waals surface area contributed by atoms with Gasteiger partial charge in [0.1, 0.15) is 0 Å². The minimum Gasteiger partial charge on any atom is -0.381 e. The molecule has 3 atom stereocenters. The molecule has 4 heterocycles. The standard InChI is InChI=1S/C27H36N6O/c1-17-10-26(23-4-5-25-24(18(23)2)16-32(3)31-25)29-30-27(17)28-22-11-20-14-33(15-21(20)12-22)13-19-6-8-34-9-7-19/h4-5,10,16,19-22H,6-9,11-15H2,1-3H3,(H,28,30)/t20-,21+,22?/i13D2. The summed E-state index contributed by atoms with van der Waals surface area (Å²) in [5.41, 5.74) is 5.24. The Hall–Kier alpha value is -2.51. The number of ether oxygens (including phenoxy) is 1. The number of aromatic nitrogens is 4. The Morgan fingerprint density at radius 3 is 2.62 bits per heavy atom. The maximum atomic E-state index is 8.81. The van der Waals surface area contributed by atoms with Gasteiger partial charge >= 0.3 is 0 Å². The highest BCUT2D eigenvalue weighted by Crippen LogP contribution is 2.40. The molecule has 3 fully saturated rings. The average molecular weight is 463 g/mol. The summed E-state index contributed by atoms with van der Waals surface area (Å²) >= 11 is 0. The maximum absolute atomic E-state index is 8.81. The van der Waals surface area contributed by atoms with Crippen molar-refractivity contribution in [2.24, 2.45) is 24.8 Å². The third-order valence-corrected chi connectivity index (χ3v) is 8.01. The minimum atomic E-state index is -1.23. The second-order valence-corrected chi connectivity index (χ2v) is 10.5. The zero-order valence-electron chi connectivity index (χ0n) is 22.4. The van der Waals surface area contributed by atoms with Crippen LogP contribution < -0.4 is 5.32 Å². The normalized spacial score (nSPS) is 27.1. The Morgan fingerprint density at radius 1 is 1.12 bits per heavy atom. The first kappa shape index (κ1) is 19.8. The zero-order chi connectivity index (χ0) is 25.0. The lowest BCUT2D eigenvalue weighted by Crippen LogP contribution is -2.32. The zero-order valence-corrected chi connectivity index (χ0v) is 20.4. The van der Waals surface area contributed by atoms with E-state index in [0.29, 0.717) is 31.1 Å². The van der Waals surface area contributed by atoms with Gasteiger partial charge < -0.3 is 15.0 Å². The van der Waals surface area contributed by atoms with Crippen molar-refractivity contribution >= 4 is 16.7 Å². The molecule has 0 spiro atoms. The van der Waals surface area contributed by atoms with Crippen LogP contribution in [-0.2, 0) is 11.8 Å². The van der Waals surface area contributed by atoms with Crippen LogP contribution in [0.15, 0.2) is 24.4 Å². The van der Waals surface area contributed by atoms with Gasteiger partial charge in [-0.3, -0.25) is 4.68 Å². The summed E-state index contributed by atoms with van der Waals surface area (Å²) in [6.45, 7) is 6.07. The monoisotopic (exact) mass is 462 g/mol. The number of fused-ring (bicyclic) bond motifs is 2. The summed E-state index contributed by atoms with van der Waals surface area (Å²) in [6, 6.07) is 6.62. The highest BCUT2D eigenvalue weighted by atomic mass is 16.5. The van der Waals surface area contributed by atoms with Crippen LogP contribution in [0, 0.1) is 31.6 Å². The molecule has 2 aromatic heterocycles. The number of aryl methyl sites for hydroxylation is 3. The first-order valence-corrected chi connectivity index (χ1v) is 12.7. The molecule has 34 heavy (non-hydrogen) atoms. The molecule has 3 aliphatic rings. The number of hydrogen-bond acceptors (Lipinski definition) is 6. The van der Waals surface area contributed by atoms with Crippen LogP contribution in [0.2, 0.25) is 0 Å². The van der Waals surface area contributed by atoms with E-state index in [-0.39, 0.29) is 5.92 Å². The second kappa shape index (κ2) is 8.93. The van der Waals surface area contributed by atoms with E-state index < -0.39 is 6.50 Å². The lowest BCUT2D eigenvalue weighted by molar-refractivity contribution is 0.0545. The molecule has 0 radical (unpaired) electrons. The van der Waals surface area contributed by atoms with E-state index in [1.54, 1.807) is 0 Å². The fraction of sp³-hybridized carbons (Fsp3) is 0.593. The van der Waals surface area contributed by atoms with Crippen molar-refractivity contribution in [3.8, 4) is 11.3 Å². The Kier molecular flexibility index (Phi) is 5.19. The van der Waals surface area contributed by atoms with Crippen LogP contribution >= 0.6 is 0 Å². The van der Waals surface area contributed by atoms with E-state index in [2.05, 4.69) is 57.7 Å². The number of likely N-dealkylation sites (tertiary alicyclic amines) is 1. The van der Waals surface area contributed by atoms with Crippen molar-refractivity contribution in [3.05, 3.63) is 35.5 Å². The number of hydrogen-bond donors (Lipinski definition) is 1. The molecule has 2 saturated heterocycles. The Labute approximate surface area is 204 Å². The number of anilines is 1. The Bertz CT molecular complexity index is 1260. The predicted octanol–water partition coefficient (Wildman–Crippen LogP) is 4.20. The topological polar surface area (TPSA) is 68.1 Å². The van der Waals surface area contributed by atoms with E-state index >= 15 is 0 Å². The summed E-state index contributed by atoms with van der Waals surface area (Å²) in [6.07, 6.45) is 5.83. The van der Waals surface area contributed by atoms with Gasteiger partial charge in [-0.2, -0.15) is 5.10 Å². The molecule has 7 nitrogen and oxygen atoms in total. The molecule has 1 unspecified atom stereocenters. The van der Waals surface area contributed by atoms with Crippen LogP contribution in [0.25, 0.3) is 22.2 Å². The van der Waals surface area contributed by atoms with Crippen molar-refractivity contribution in [2.75, 3.05) is 38.1 Å². The van der Waals surface area contributed by atoms with Gasteiger partial charge in [-0.15, -0.1) is 10.2 Å². The second-order valence-electron chi connectivity index (χ2n) is 10.5. The van der Waals surface area contributed by atoms with Gasteiger partial charge in [-0.1, -0.05) is 6.07 Å². The van der Waals surface area contributed by atoms with E-state index in [1.165, 1.54) is 5.56 Å². The average Bonchev–Trinajstić information content (AvgIpc) is 3.54. The van der Waals surface area contributed by atoms with Crippen LogP contribution in [0.4, 0.5) is 5.82 Å². The summed E-state index contributed by atoms with van der Waals surface area (Å²) in [7, 11) is 1.95. The largest absolute Gasteiger partial charge is 0.381 e. The number of nitrogens with one attached hydrogen (secondary N) is 1. The summed E-state index contributed by atoms with van der Waals surface area (Å²) in [5, 5.41) is 18.5. The van der Waals surface area contributed by atoms with E-state index in [0.717, 1.165) is 72.3 Å². The molecule has 0 bridgehead atoms. The molecule has 2 aliphatic heterocycles. The fourth-order valence-electron chi connectivity index (χ4n) is 6.19. The van der Waals surface area contributed by atoms with Crippen LogP contribution in [0.3, 0.4) is 0 Å². The molecule has 1 aliphatic carbocycles. The third kappa shape index (κ3) is 4.20. The lowest BCUT2D eigenvalue weighted by atomic mass is 10.00. The van der Waals surface area contributed by atoms with Gasteiger partial charge in [0.25, 0.3) is 0 Å². The fourth-order valence-corrected chi connectivity index (χ4v) is 6.19. The molecular weight excluding hydrogens is 424 g/mol. The molecule has 1 N–H and O–H groups in total. The number of benzene rings is 1. The van der Waals surface area contributed by atoms with Crippen LogP contribution in [0.5, 0.6) is 0 Å². The third-order valence-electron chi connectivity index (χ3n) is 8.01. The number of nitrogens with zero attached hydrogens (tertiary/aromatic N) is 5. The number of rotatable bonds is 5. The Morgan fingerprint density at radius 2 is 1.88 bits per heavy atom. The van der Waals surface area contributed by atoms with Crippen molar-refractivity contribution in [2.45, 2.75) is 45.6 Å². The maximum Gasteiger partial charge on any atom is 0.151 e. The summed E-state index contributed by atoms with van der Waals surface area (Å²) < 4.78 is 24.9. The van der Waals surface area contributed by atoms with E-state index in [9.17, 15) is 0 Å². The molecule has 1 aromatic carbocycles. The lowest BCUT2D eigenvalue weighted by Gasteiger charge is -2.27. The summed E-state index contributed by atoms with van der Waals surface area (Å²) in [5.74, 6) is 2.02. The molecule has 0 amide bonds. The van der Waals surface area contributed by atoms with Crippen molar-refractivity contribution in [1.82, 2.24) is 24.9 Å². The van der Waals surface area contributed by atoms with Crippen LogP contribution in [-0.4, -0.2) is 63.7 Å². The van der Waals surface area contributed by atoms with E-state index in [4.69, 9.17) is 7.48 Å². The van der Waals surface area contributed by atoms with E-state index in [1.807, 2.05) is 17.8 Å². The van der Waals surface area contributed by atoms with Crippen molar-refractivity contribution < 1.29 is 7.48 Å². The Balaban J connectivity index is 1.11. The van der Waals surface area contributed by atoms with Crippen molar-refractivity contribution in [1.29, 1.82) is 0 Å². The quantitative estimate of drug-likeness (QED) is 0.613. The molecule has 3 aromatic rings. The van der Waals surface area contributed by atoms with Gasteiger partial charge in [0.15, 0.2) is 5.82 Å². The van der Waals surface area contributed by atoms with Crippen LogP contribution in [0.1, 0.15) is 39.6 Å². The highest BCUT2D eigenvalue weighted by Gasteiger charge is 2.41. The minimum absolute atomic E-state index is 0.0814. The summed E-state index contributed by atoms with van der Waals surface area (Å²) in [4.78, 5) is 2.12. The first-order valence-electron chi connectivity index (χ1n) is 13.7. The SMILES string of the molecule is [2H]C([2H])(C1CCOCC1)N1C[C@H]2CC(Nc3nnc(-c4ccc5nn(C)cc5c4C)cc3C)C[C@H]2C1. The molecule has 7 heteroatoms. The van der Waals surface area contributed by atoms with Gasteiger partial charge in [-0.05, 0) is 80.5 Å². The van der Waals surface area contributed by atoms with Gasteiger partial charge in [-0.25, -0.2) is 0 Å². The first-order chi connectivity index (χ1) is 17.3. The molecular formula is C27H36N6O. The molecule has 1 saturated carbocycles. The van der Waals surface area contributed by atoms with Gasteiger partial charge in [0, 0.05) is 65.8 Å². The van der Waals surface area contributed by atoms with Gasteiger partial charge in [0.2, 0.25) is 0 Å². The molecule has 6 rings (SSSR count). The predicted molar refractivity (Wildman–Crippen MR) is 135 cm³/mol. The van der Waals surface area contributed by atoms with Gasteiger partial charge in [0.05, 0.1) is 11.2 Å². The van der Waals surface area contributed by atoms with Crippen molar-refractivity contribution in [3.63, 3.8) is 0 Å².